The Kier molecular flexibility index (Phi) is 4.38. The van der Waals surface area contributed by atoms with E-state index in [0.717, 1.165) is 12.2 Å². The van der Waals surface area contributed by atoms with Crippen LogP contribution in [0.5, 0.6) is 5.75 Å². The summed E-state index contributed by atoms with van der Waals surface area (Å²) in [6.07, 6.45) is 0.964. The molecule has 0 spiro atoms. The van der Waals surface area contributed by atoms with Crippen LogP contribution in [0.25, 0.3) is 0 Å². The molecule has 0 radical (unpaired) electrons. The summed E-state index contributed by atoms with van der Waals surface area (Å²) < 4.78 is 17.0. The lowest BCUT2D eigenvalue weighted by atomic mass is 10.2. The summed E-state index contributed by atoms with van der Waals surface area (Å²) in [5.41, 5.74) is 0.515. The molecule has 14 heavy (non-hydrogen) atoms. The summed E-state index contributed by atoms with van der Waals surface area (Å²) in [6.45, 7) is 2.72. The van der Waals surface area contributed by atoms with Crippen LogP contribution in [-0.4, -0.2) is 6.61 Å². The molecule has 0 heterocycles. The highest BCUT2D eigenvalue weighted by Crippen LogP contribution is 2.39. The maximum absolute atomic E-state index is 13.3. The number of hydrogen-bond donors (Lipinski definition) is 0. The van der Waals surface area contributed by atoms with Gasteiger partial charge in [-0.25, -0.2) is 4.39 Å². The summed E-state index contributed by atoms with van der Waals surface area (Å²) in [5.74, 6) is 0.764. The van der Waals surface area contributed by atoms with Crippen LogP contribution >= 0.6 is 31.9 Å². The van der Waals surface area contributed by atoms with Crippen LogP contribution < -0.4 is 4.74 Å². The molecule has 0 saturated carbocycles. The average molecular weight is 326 g/mol. The Balaban J connectivity index is 2.69. The molecule has 0 aliphatic rings. The molecular weight excluding hydrogens is 315 g/mol. The molecule has 0 aromatic heterocycles. The molecular formula is C10H11Br2FO. The Morgan fingerprint density at radius 3 is 2.29 bits per heavy atom. The molecule has 0 aliphatic heterocycles. The van der Waals surface area contributed by atoms with E-state index in [4.69, 9.17) is 4.74 Å². The minimum absolute atomic E-state index is 0.515. The molecule has 0 amide bonds. The zero-order chi connectivity index (χ0) is 10.6. The molecule has 0 fully saturated rings. The minimum Gasteiger partial charge on any atom is -0.494 e. The van der Waals surface area contributed by atoms with Crippen LogP contribution in [0.4, 0.5) is 4.39 Å². The van der Waals surface area contributed by atoms with Gasteiger partial charge in [-0.2, -0.15) is 0 Å². The van der Waals surface area contributed by atoms with Gasteiger partial charge in [0.2, 0.25) is 3.49 Å². The maximum atomic E-state index is 13.3. The molecule has 0 atom stereocenters. The Morgan fingerprint density at radius 1 is 1.29 bits per heavy atom. The molecule has 0 bridgehead atoms. The van der Waals surface area contributed by atoms with Crippen LogP contribution in [-0.2, 0) is 3.49 Å². The zero-order valence-electron chi connectivity index (χ0n) is 7.77. The molecule has 1 rings (SSSR count). The van der Waals surface area contributed by atoms with E-state index in [-0.39, 0.29) is 0 Å². The number of benzene rings is 1. The fourth-order valence-corrected chi connectivity index (χ4v) is 1.49. The van der Waals surface area contributed by atoms with Crippen molar-refractivity contribution < 1.29 is 9.13 Å². The van der Waals surface area contributed by atoms with Crippen LogP contribution in [0.3, 0.4) is 0 Å². The number of alkyl halides is 3. The predicted octanol–water partition coefficient (Wildman–Crippen LogP) is 4.35. The summed E-state index contributed by atoms with van der Waals surface area (Å²) in [6, 6.07) is 6.85. The van der Waals surface area contributed by atoms with Gasteiger partial charge in [0.25, 0.3) is 0 Å². The first kappa shape index (κ1) is 12.0. The number of halogens is 3. The van der Waals surface area contributed by atoms with E-state index in [0.29, 0.717) is 12.2 Å². The van der Waals surface area contributed by atoms with Gasteiger partial charge in [-0.1, -0.05) is 19.1 Å². The van der Waals surface area contributed by atoms with Crippen molar-refractivity contribution in [1.82, 2.24) is 0 Å². The van der Waals surface area contributed by atoms with Crippen molar-refractivity contribution >= 4 is 31.9 Å². The van der Waals surface area contributed by atoms with Crippen LogP contribution in [0.1, 0.15) is 18.9 Å². The smallest absolute Gasteiger partial charge is 0.244 e. The Hall–Kier alpha value is -0.0900. The third kappa shape index (κ3) is 3.58. The molecule has 1 nitrogen and oxygen atoms in total. The Bertz CT molecular complexity index is 279. The molecule has 78 valence electrons. The molecule has 0 saturated heterocycles. The summed E-state index contributed by atoms with van der Waals surface area (Å²) in [4.78, 5) is 0. The molecule has 4 heteroatoms. The van der Waals surface area contributed by atoms with Crippen LogP contribution in [0.15, 0.2) is 24.3 Å². The highest BCUT2D eigenvalue weighted by atomic mass is 79.9. The second-order valence-corrected chi connectivity index (χ2v) is 6.12. The van der Waals surface area contributed by atoms with Gasteiger partial charge < -0.3 is 4.74 Å². The van der Waals surface area contributed by atoms with Crippen molar-refractivity contribution in [2.75, 3.05) is 6.61 Å². The standard InChI is InChI=1S/C10H11Br2FO/c1-2-7-14-9-5-3-8(4-6-9)10(11,12)13/h3-6H,2,7H2,1H3. The van der Waals surface area contributed by atoms with Gasteiger partial charge in [-0.15, -0.1) is 0 Å². The van der Waals surface area contributed by atoms with Gasteiger partial charge in [-0.3, -0.25) is 0 Å². The van der Waals surface area contributed by atoms with Crippen molar-refractivity contribution in [2.24, 2.45) is 0 Å². The first-order valence-electron chi connectivity index (χ1n) is 4.34. The fourth-order valence-electron chi connectivity index (χ4n) is 0.960. The minimum atomic E-state index is -1.65. The van der Waals surface area contributed by atoms with E-state index >= 15 is 0 Å². The number of hydrogen-bond acceptors (Lipinski definition) is 1. The summed E-state index contributed by atoms with van der Waals surface area (Å²) >= 11 is 5.75. The summed E-state index contributed by atoms with van der Waals surface area (Å²) in [7, 11) is 0. The first-order valence-corrected chi connectivity index (χ1v) is 5.92. The van der Waals surface area contributed by atoms with Gasteiger partial charge in [0, 0.05) is 5.56 Å². The number of ether oxygens (including phenoxy) is 1. The van der Waals surface area contributed by atoms with Crippen LogP contribution in [0.2, 0.25) is 0 Å². The quantitative estimate of drug-likeness (QED) is 0.748. The van der Waals surface area contributed by atoms with Gasteiger partial charge in [0.05, 0.1) is 6.61 Å². The van der Waals surface area contributed by atoms with Gasteiger partial charge in [0.1, 0.15) is 5.75 Å². The second-order valence-electron chi connectivity index (χ2n) is 2.87. The van der Waals surface area contributed by atoms with Gasteiger partial charge in [0.15, 0.2) is 0 Å². The largest absolute Gasteiger partial charge is 0.494 e. The lowest BCUT2D eigenvalue weighted by Gasteiger charge is -2.11. The number of rotatable bonds is 4. The van der Waals surface area contributed by atoms with Crippen molar-refractivity contribution in [3.8, 4) is 5.75 Å². The summed E-state index contributed by atoms with van der Waals surface area (Å²) in [5, 5.41) is 0. The van der Waals surface area contributed by atoms with E-state index in [9.17, 15) is 4.39 Å². The lowest BCUT2D eigenvalue weighted by molar-refractivity contribution is 0.317. The highest BCUT2D eigenvalue weighted by molar-refractivity contribution is 9.24. The lowest BCUT2D eigenvalue weighted by Crippen LogP contribution is -2.00. The van der Waals surface area contributed by atoms with E-state index in [2.05, 4.69) is 31.9 Å². The van der Waals surface area contributed by atoms with Crippen molar-refractivity contribution in [1.29, 1.82) is 0 Å². The fraction of sp³-hybridized carbons (Fsp3) is 0.400. The molecule has 1 aromatic carbocycles. The van der Waals surface area contributed by atoms with Crippen molar-refractivity contribution in [3.63, 3.8) is 0 Å². The van der Waals surface area contributed by atoms with E-state index in [1.165, 1.54) is 0 Å². The van der Waals surface area contributed by atoms with E-state index < -0.39 is 3.49 Å². The maximum Gasteiger partial charge on any atom is 0.244 e. The SMILES string of the molecule is CCCOc1ccc(C(F)(Br)Br)cc1. The van der Waals surface area contributed by atoms with Gasteiger partial charge >= 0.3 is 0 Å². The first-order chi connectivity index (χ1) is 6.54. The molecule has 0 unspecified atom stereocenters. The monoisotopic (exact) mass is 324 g/mol. The zero-order valence-corrected chi connectivity index (χ0v) is 10.9. The molecule has 0 N–H and O–H groups in total. The topological polar surface area (TPSA) is 9.23 Å². The van der Waals surface area contributed by atoms with E-state index in [1.54, 1.807) is 24.3 Å². The molecule has 1 aromatic rings. The second kappa shape index (κ2) is 5.12. The third-order valence-corrected chi connectivity index (χ3v) is 2.57. The Labute approximate surface area is 99.9 Å². The molecule has 0 aliphatic carbocycles. The van der Waals surface area contributed by atoms with Crippen LogP contribution in [0, 0.1) is 0 Å². The van der Waals surface area contributed by atoms with E-state index in [1.807, 2.05) is 6.92 Å². The van der Waals surface area contributed by atoms with Crippen molar-refractivity contribution in [2.45, 2.75) is 16.8 Å². The highest BCUT2D eigenvalue weighted by Gasteiger charge is 2.23. The third-order valence-electron chi connectivity index (χ3n) is 1.65. The normalized spacial score (nSPS) is 11.4. The van der Waals surface area contributed by atoms with Gasteiger partial charge in [-0.05, 0) is 50.4 Å². The Morgan fingerprint density at radius 2 is 1.86 bits per heavy atom. The average Bonchev–Trinajstić information content (AvgIpc) is 2.14. The predicted molar refractivity (Wildman–Crippen MR) is 62.9 cm³/mol. The van der Waals surface area contributed by atoms with Crippen molar-refractivity contribution in [3.05, 3.63) is 29.8 Å².